The molecule has 1 N–H and O–H groups in total. The number of nitrogens with one attached hydrogen (secondary N) is 1. The van der Waals surface area contributed by atoms with Crippen molar-refractivity contribution in [3.05, 3.63) is 30.1 Å². The Labute approximate surface area is 148 Å². The van der Waals surface area contributed by atoms with Crippen LogP contribution in [-0.4, -0.2) is 73.6 Å². The summed E-state index contributed by atoms with van der Waals surface area (Å²) in [7, 11) is -3.42. The number of anilines is 1. The maximum atomic E-state index is 12.9. The van der Waals surface area contributed by atoms with Crippen LogP contribution in [0.3, 0.4) is 0 Å². The Morgan fingerprint density at radius 1 is 1.12 bits per heavy atom. The molecule has 0 aliphatic carbocycles. The van der Waals surface area contributed by atoms with Gasteiger partial charge in [0, 0.05) is 45.0 Å². The van der Waals surface area contributed by atoms with Crippen molar-refractivity contribution in [2.24, 2.45) is 0 Å². The van der Waals surface area contributed by atoms with Gasteiger partial charge in [-0.25, -0.2) is 4.39 Å². The highest BCUT2D eigenvalue weighted by Crippen LogP contribution is 2.13. The molecule has 25 heavy (non-hydrogen) atoms. The van der Waals surface area contributed by atoms with Crippen molar-refractivity contribution in [2.75, 3.05) is 51.1 Å². The van der Waals surface area contributed by atoms with E-state index in [4.69, 9.17) is 0 Å². The molecule has 9 heteroatoms. The first-order valence-corrected chi connectivity index (χ1v) is 9.79. The van der Waals surface area contributed by atoms with Crippen LogP contribution in [0.5, 0.6) is 0 Å². The standard InChI is InChI=1S/C16H25FN4O3S/c1-3-20(4-2)25(23,24)21-11-9-19(10-12-21)13-16(22)18-15-7-5-14(17)6-8-15/h5-8H,3-4,9-13H2,1-2H3,(H,18,22). The van der Waals surface area contributed by atoms with Crippen LogP contribution in [0.2, 0.25) is 0 Å². The topological polar surface area (TPSA) is 73.0 Å². The predicted molar refractivity (Wildman–Crippen MR) is 94.9 cm³/mol. The van der Waals surface area contributed by atoms with E-state index in [-0.39, 0.29) is 18.3 Å². The van der Waals surface area contributed by atoms with Crippen molar-refractivity contribution in [3.63, 3.8) is 0 Å². The van der Waals surface area contributed by atoms with Gasteiger partial charge in [-0.15, -0.1) is 0 Å². The van der Waals surface area contributed by atoms with Gasteiger partial charge in [-0.1, -0.05) is 13.8 Å². The maximum absolute atomic E-state index is 12.9. The van der Waals surface area contributed by atoms with Gasteiger partial charge < -0.3 is 5.32 Å². The van der Waals surface area contributed by atoms with E-state index >= 15 is 0 Å². The molecule has 2 rings (SSSR count). The Morgan fingerprint density at radius 3 is 2.20 bits per heavy atom. The SMILES string of the molecule is CCN(CC)S(=O)(=O)N1CCN(CC(=O)Nc2ccc(F)cc2)CC1. The van der Waals surface area contributed by atoms with Crippen molar-refractivity contribution >= 4 is 21.8 Å². The fourth-order valence-electron chi connectivity index (χ4n) is 2.77. The highest BCUT2D eigenvalue weighted by Gasteiger charge is 2.31. The highest BCUT2D eigenvalue weighted by molar-refractivity contribution is 7.86. The molecule has 1 aromatic carbocycles. The van der Waals surface area contributed by atoms with Gasteiger partial charge in [0.2, 0.25) is 5.91 Å². The molecule has 0 radical (unpaired) electrons. The van der Waals surface area contributed by atoms with Crippen molar-refractivity contribution in [1.29, 1.82) is 0 Å². The number of rotatable bonds is 7. The first-order valence-electron chi connectivity index (χ1n) is 8.39. The zero-order valence-electron chi connectivity index (χ0n) is 14.6. The van der Waals surface area contributed by atoms with E-state index in [0.717, 1.165) is 0 Å². The van der Waals surface area contributed by atoms with Crippen LogP contribution in [-0.2, 0) is 15.0 Å². The number of hydrogen-bond acceptors (Lipinski definition) is 4. The fraction of sp³-hybridized carbons (Fsp3) is 0.562. The number of amides is 1. The summed E-state index contributed by atoms with van der Waals surface area (Å²) in [5.74, 6) is -0.560. The summed E-state index contributed by atoms with van der Waals surface area (Å²) in [5, 5.41) is 2.71. The second-order valence-corrected chi connectivity index (χ2v) is 7.75. The Kier molecular flexibility index (Phi) is 6.88. The van der Waals surface area contributed by atoms with E-state index in [1.807, 2.05) is 18.7 Å². The van der Waals surface area contributed by atoms with Gasteiger partial charge >= 0.3 is 0 Å². The number of piperazine rings is 1. The van der Waals surface area contributed by atoms with Crippen LogP contribution < -0.4 is 5.32 Å². The Bertz CT molecular complexity index is 669. The average molecular weight is 372 g/mol. The van der Waals surface area contributed by atoms with Gasteiger partial charge in [0.15, 0.2) is 0 Å². The Balaban J connectivity index is 1.83. The zero-order chi connectivity index (χ0) is 18.4. The minimum Gasteiger partial charge on any atom is -0.325 e. The van der Waals surface area contributed by atoms with E-state index in [1.165, 1.54) is 32.9 Å². The first-order chi connectivity index (χ1) is 11.9. The maximum Gasteiger partial charge on any atom is 0.282 e. The molecule has 1 aliphatic rings. The van der Waals surface area contributed by atoms with Crippen LogP contribution in [0.4, 0.5) is 10.1 Å². The molecule has 140 valence electrons. The van der Waals surface area contributed by atoms with E-state index in [0.29, 0.717) is 45.0 Å². The third-order valence-corrected chi connectivity index (χ3v) is 6.37. The molecule has 1 aliphatic heterocycles. The molecule has 0 bridgehead atoms. The molecule has 7 nitrogen and oxygen atoms in total. The summed E-state index contributed by atoms with van der Waals surface area (Å²) in [5.41, 5.74) is 0.536. The molecular formula is C16H25FN4O3S. The van der Waals surface area contributed by atoms with Gasteiger partial charge in [0.05, 0.1) is 6.54 Å². The summed E-state index contributed by atoms with van der Waals surface area (Å²) in [6.45, 7) is 6.42. The normalized spacial score (nSPS) is 17.0. The van der Waals surface area contributed by atoms with Crippen LogP contribution in [0.25, 0.3) is 0 Å². The predicted octanol–water partition coefficient (Wildman–Crippen LogP) is 0.968. The van der Waals surface area contributed by atoms with Crippen LogP contribution in [0, 0.1) is 5.82 Å². The molecule has 1 saturated heterocycles. The zero-order valence-corrected chi connectivity index (χ0v) is 15.4. The molecule has 0 spiro atoms. The van der Waals surface area contributed by atoms with Crippen molar-refractivity contribution in [2.45, 2.75) is 13.8 Å². The molecule has 1 heterocycles. The molecule has 0 aromatic heterocycles. The number of hydrogen-bond donors (Lipinski definition) is 1. The molecule has 0 atom stereocenters. The van der Waals surface area contributed by atoms with Crippen molar-refractivity contribution < 1.29 is 17.6 Å². The third-order valence-electron chi connectivity index (χ3n) is 4.18. The monoisotopic (exact) mass is 372 g/mol. The molecule has 0 saturated carbocycles. The molecule has 0 unspecified atom stereocenters. The quantitative estimate of drug-likeness (QED) is 0.774. The van der Waals surface area contributed by atoms with E-state index in [1.54, 1.807) is 0 Å². The summed E-state index contributed by atoms with van der Waals surface area (Å²) in [4.78, 5) is 14.0. The summed E-state index contributed by atoms with van der Waals surface area (Å²) in [6, 6.07) is 5.57. The number of carbonyl (C=O) groups excluding carboxylic acids is 1. The van der Waals surface area contributed by atoms with Gasteiger partial charge in [0.1, 0.15) is 5.82 Å². The van der Waals surface area contributed by atoms with Gasteiger partial charge in [-0.05, 0) is 24.3 Å². The summed E-state index contributed by atoms with van der Waals surface area (Å²) < 4.78 is 40.7. The average Bonchev–Trinajstić information content (AvgIpc) is 2.58. The highest BCUT2D eigenvalue weighted by atomic mass is 32.2. The summed E-state index contributed by atoms with van der Waals surface area (Å²) in [6.07, 6.45) is 0. The minimum absolute atomic E-state index is 0.177. The smallest absolute Gasteiger partial charge is 0.282 e. The lowest BCUT2D eigenvalue weighted by molar-refractivity contribution is -0.117. The van der Waals surface area contributed by atoms with Gasteiger partial charge in [-0.3, -0.25) is 9.69 Å². The van der Waals surface area contributed by atoms with E-state index < -0.39 is 10.2 Å². The lowest BCUT2D eigenvalue weighted by atomic mass is 10.3. The molecule has 1 fully saturated rings. The van der Waals surface area contributed by atoms with E-state index in [9.17, 15) is 17.6 Å². The summed E-state index contributed by atoms with van der Waals surface area (Å²) >= 11 is 0. The lowest BCUT2D eigenvalue weighted by Crippen LogP contribution is -2.54. The fourth-order valence-corrected chi connectivity index (χ4v) is 4.37. The third kappa shape index (κ3) is 5.21. The lowest BCUT2D eigenvalue weighted by Gasteiger charge is -2.35. The largest absolute Gasteiger partial charge is 0.325 e. The second kappa shape index (κ2) is 8.70. The van der Waals surface area contributed by atoms with Gasteiger partial charge in [0.25, 0.3) is 10.2 Å². The van der Waals surface area contributed by atoms with E-state index in [2.05, 4.69) is 5.32 Å². The van der Waals surface area contributed by atoms with Crippen LogP contribution in [0.15, 0.2) is 24.3 Å². The number of carbonyl (C=O) groups is 1. The number of halogens is 1. The minimum atomic E-state index is -3.42. The van der Waals surface area contributed by atoms with Crippen LogP contribution in [0.1, 0.15) is 13.8 Å². The van der Waals surface area contributed by atoms with Crippen molar-refractivity contribution in [1.82, 2.24) is 13.5 Å². The number of nitrogens with zero attached hydrogens (tertiary/aromatic N) is 3. The van der Waals surface area contributed by atoms with Crippen molar-refractivity contribution in [3.8, 4) is 0 Å². The van der Waals surface area contributed by atoms with Crippen LogP contribution >= 0.6 is 0 Å². The first kappa shape index (κ1) is 19.8. The second-order valence-electron chi connectivity index (χ2n) is 5.82. The Hall–Kier alpha value is -1.55. The molecule has 1 amide bonds. The number of benzene rings is 1. The Morgan fingerprint density at radius 2 is 1.68 bits per heavy atom. The molecule has 1 aromatic rings. The van der Waals surface area contributed by atoms with Gasteiger partial charge in [-0.2, -0.15) is 17.0 Å². The molecular weight excluding hydrogens is 347 g/mol.